The van der Waals surface area contributed by atoms with Crippen LogP contribution in [0.2, 0.25) is 0 Å². The van der Waals surface area contributed by atoms with Crippen LogP contribution in [0.25, 0.3) is 11.0 Å². The number of aryl methyl sites for hydroxylation is 1. The smallest absolute Gasteiger partial charge is 0.332 e. The van der Waals surface area contributed by atoms with Gasteiger partial charge < -0.3 is 10.6 Å². The van der Waals surface area contributed by atoms with Crippen LogP contribution in [0.15, 0.2) is 21.7 Å². The molecule has 0 atom stereocenters. The molecular formula is C14H17N5O3. The van der Waals surface area contributed by atoms with Crippen molar-refractivity contribution in [3.05, 3.63) is 38.7 Å². The third-order valence-corrected chi connectivity index (χ3v) is 3.95. The van der Waals surface area contributed by atoms with Gasteiger partial charge in [0.15, 0.2) is 0 Å². The number of nitrogens with zero attached hydrogens (tertiary/aromatic N) is 3. The lowest BCUT2D eigenvalue weighted by atomic mass is 10.0. The summed E-state index contributed by atoms with van der Waals surface area (Å²) in [4.78, 5) is 40.3. The van der Waals surface area contributed by atoms with E-state index in [1.165, 1.54) is 30.8 Å². The average molecular weight is 303 g/mol. The van der Waals surface area contributed by atoms with E-state index < -0.39 is 11.2 Å². The van der Waals surface area contributed by atoms with Crippen molar-refractivity contribution in [2.75, 3.05) is 19.6 Å². The minimum Gasteiger partial charge on any atom is -0.350 e. The van der Waals surface area contributed by atoms with Gasteiger partial charge in [-0.2, -0.15) is 0 Å². The van der Waals surface area contributed by atoms with Crippen molar-refractivity contribution in [1.82, 2.24) is 24.8 Å². The monoisotopic (exact) mass is 303 g/mol. The normalized spacial score (nSPS) is 14.8. The van der Waals surface area contributed by atoms with Crippen LogP contribution in [-0.2, 0) is 14.1 Å². The van der Waals surface area contributed by atoms with E-state index in [-0.39, 0.29) is 17.2 Å². The summed E-state index contributed by atoms with van der Waals surface area (Å²) in [7, 11) is 2.94. The highest BCUT2D eigenvalue weighted by Gasteiger charge is 2.19. The summed E-state index contributed by atoms with van der Waals surface area (Å²) >= 11 is 0. The molecule has 0 unspecified atom stereocenters. The summed E-state index contributed by atoms with van der Waals surface area (Å²) < 4.78 is 2.29. The molecule has 8 nitrogen and oxygen atoms in total. The zero-order valence-electron chi connectivity index (χ0n) is 12.4. The second-order valence-corrected chi connectivity index (χ2v) is 5.51. The van der Waals surface area contributed by atoms with Crippen LogP contribution in [0.3, 0.4) is 0 Å². The maximum Gasteiger partial charge on any atom is 0.332 e. The summed E-state index contributed by atoms with van der Waals surface area (Å²) in [6.45, 7) is 2.38. The van der Waals surface area contributed by atoms with Crippen molar-refractivity contribution < 1.29 is 4.79 Å². The number of hydrogen-bond donors (Lipinski definition) is 2. The number of amides is 1. The molecule has 3 heterocycles. The second kappa shape index (κ2) is 5.38. The molecule has 0 radical (unpaired) electrons. The summed E-state index contributed by atoms with van der Waals surface area (Å²) in [5.41, 5.74) is -0.477. The number of pyridine rings is 1. The number of carbonyl (C=O) groups is 1. The summed E-state index contributed by atoms with van der Waals surface area (Å²) in [5, 5.41) is 6.26. The molecule has 2 N–H and O–H groups in total. The summed E-state index contributed by atoms with van der Waals surface area (Å²) in [6, 6.07) is 3.03. The van der Waals surface area contributed by atoms with Crippen molar-refractivity contribution in [1.29, 1.82) is 0 Å². The van der Waals surface area contributed by atoms with Crippen LogP contribution in [0.4, 0.5) is 0 Å². The molecule has 1 amide bonds. The molecule has 0 aliphatic carbocycles. The highest BCUT2D eigenvalue weighted by atomic mass is 16.2. The molecule has 0 aromatic carbocycles. The predicted octanol–water partition coefficient (Wildman–Crippen LogP) is -1.42. The van der Waals surface area contributed by atoms with Crippen LogP contribution in [0.5, 0.6) is 0 Å². The number of nitrogens with one attached hydrogen (secondary N) is 2. The van der Waals surface area contributed by atoms with Gasteiger partial charge in [-0.1, -0.05) is 0 Å². The van der Waals surface area contributed by atoms with Gasteiger partial charge in [-0.15, -0.1) is 0 Å². The number of fused-ring (bicyclic) bond motifs is 1. The topological polar surface area (TPSA) is 98.0 Å². The van der Waals surface area contributed by atoms with E-state index in [0.717, 1.165) is 17.7 Å². The van der Waals surface area contributed by atoms with Gasteiger partial charge in [0.2, 0.25) is 0 Å². The Balaban J connectivity index is 1.97. The first-order valence-electron chi connectivity index (χ1n) is 7.04. The van der Waals surface area contributed by atoms with Crippen molar-refractivity contribution in [2.45, 2.75) is 0 Å². The predicted molar refractivity (Wildman–Crippen MR) is 80.9 cm³/mol. The Bertz CT molecular complexity index is 863. The Morgan fingerprint density at radius 2 is 2.05 bits per heavy atom. The van der Waals surface area contributed by atoms with Gasteiger partial charge >= 0.3 is 5.69 Å². The van der Waals surface area contributed by atoms with E-state index in [1.807, 2.05) is 0 Å². The number of aromatic nitrogens is 3. The van der Waals surface area contributed by atoms with Crippen LogP contribution in [0, 0.1) is 5.92 Å². The Morgan fingerprint density at radius 3 is 2.68 bits per heavy atom. The molecular weight excluding hydrogens is 286 g/mol. The Hall–Kier alpha value is -2.48. The van der Waals surface area contributed by atoms with Gasteiger partial charge in [0.05, 0.1) is 5.39 Å². The van der Waals surface area contributed by atoms with Crippen molar-refractivity contribution in [3.8, 4) is 0 Å². The average Bonchev–Trinajstić information content (AvgIpc) is 2.48. The van der Waals surface area contributed by atoms with E-state index >= 15 is 0 Å². The van der Waals surface area contributed by atoms with Crippen molar-refractivity contribution in [3.63, 3.8) is 0 Å². The van der Waals surface area contributed by atoms with E-state index in [9.17, 15) is 14.4 Å². The van der Waals surface area contributed by atoms with Crippen molar-refractivity contribution in [2.24, 2.45) is 20.0 Å². The molecule has 22 heavy (non-hydrogen) atoms. The molecule has 0 spiro atoms. The van der Waals surface area contributed by atoms with Gasteiger partial charge in [-0.05, 0) is 12.1 Å². The molecule has 1 aliphatic heterocycles. The molecule has 8 heteroatoms. The first kappa shape index (κ1) is 14.5. The van der Waals surface area contributed by atoms with Crippen LogP contribution in [0.1, 0.15) is 10.5 Å². The summed E-state index contributed by atoms with van der Waals surface area (Å²) in [6.07, 6.45) is 0. The zero-order valence-corrected chi connectivity index (χ0v) is 12.4. The van der Waals surface area contributed by atoms with Gasteiger partial charge in [0.25, 0.3) is 11.5 Å². The molecule has 0 bridgehead atoms. The molecule has 2 aromatic heterocycles. The largest absolute Gasteiger partial charge is 0.350 e. The molecule has 1 fully saturated rings. The fourth-order valence-corrected chi connectivity index (χ4v) is 2.40. The number of hydrogen-bond acceptors (Lipinski definition) is 5. The first-order valence-corrected chi connectivity index (χ1v) is 7.04. The van der Waals surface area contributed by atoms with E-state index in [0.29, 0.717) is 17.8 Å². The maximum atomic E-state index is 12.1. The standard InChI is InChI=1S/C14H17N5O3/c1-18-11-9(13(21)19(2)14(18)22)3-4-10(17-11)12(20)16-7-8-5-15-6-8/h3-4,8,15H,5-7H2,1-2H3,(H,16,20). The number of carbonyl (C=O) groups excluding carboxylic acids is 1. The lowest BCUT2D eigenvalue weighted by Crippen LogP contribution is -2.48. The molecule has 116 valence electrons. The highest BCUT2D eigenvalue weighted by molar-refractivity contribution is 5.94. The second-order valence-electron chi connectivity index (χ2n) is 5.51. The maximum absolute atomic E-state index is 12.1. The molecule has 0 saturated carbocycles. The van der Waals surface area contributed by atoms with Crippen LogP contribution in [-0.4, -0.2) is 39.7 Å². The minimum atomic E-state index is -0.469. The fraction of sp³-hybridized carbons (Fsp3) is 0.429. The summed E-state index contributed by atoms with van der Waals surface area (Å²) in [5.74, 6) is 0.142. The third-order valence-electron chi connectivity index (χ3n) is 3.95. The third kappa shape index (κ3) is 2.31. The number of rotatable bonds is 3. The van der Waals surface area contributed by atoms with Crippen molar-refractivity contribution >= 4 is 16.9 Å². The van der Waals surface area contributed by atoms with E-state index in [2.05, 4.69) is 15.6 Å². The van der Waals surface area contributed by atoms with E-state index in [1.54, 1.807) is 0 Å². The minimum absolute atomic E-state index is 0.197. The molecule has 3 rings (SSSR count). The van der Waals surface area contributed by atoms with Crippen LogP contribution >= 0.6 is 0 Å². The fourth-order valence-electron chi connectivity index (χ4n) is 2.40. The molecule has 1 aliphatic rings. The Labute approximate surface area is 125 Å². The molecule has 1 saturated heterocycles. The van der Waals surface area contributed by atoms with E-state index in [4.69, 9.17) is 0 Å². The van der Waals surface area contributed by atoms with Gasteiger partial charge in [-0.25, -0.2) is 9.78 Å². The lowest BCUT2D eigenvalue weighted by Gasteiger charge is -2.26. The van der Waals surface area contributed by atoms with Gasteiger partial charge in [0, 0.05) is 39.6 Å². The zero-order chi connectivity index (χ0) is 15.9. The Kier molecular flexibility index (Phi) is 3.53. The first-order chi connectivity index (χ1) is 10.5. The Morgan fingerprint density at radius 1 is 1.32 bits per heavy atom. The van der Waals surface area contributed by atoms with Crippen LogP contribution < -0.4 is 21.9 Å². The van der Waals surface area contributed by atoms with Gasteiger partial charge in [0.1, 0.15) is 11.3 Å². The quantitative estimate of drug-likeness (QED) is 0.725. The lowest BCUT2D eigenvalue weighted by molar-refractivity contribution is 0.0937. The highest BCUT2D eigenvalue weighted by Crippen LogP contribution is 2.07. The SMILES string of the molecule is Cn1c(=O)c2ccc(C(=O)NCC3CNC3)nc2n(C)c1=O. The molecule has 2 aromatic rings. The van der Waals surface area contributed by atoms with Gasteiger partial charge in [-0.3, -0.25) is 18.7 Å².